The quantitative estimate of drug-likeness (QED) is 0.760. The number of hydrogen-bond donors (Lipinski definition) is 0. The van der Waals surface area contributed by atoms with Crippen molar-refractivity contribution in [3.63, 3.8) is 0 Å². The monoisotopic (exact) mass is 354 g/mol. The fraction of sp³-hybridized carbons (Fsp3) is 0.733. The van der Waals surface area contributed by atoms with Gasteiger partial charge in [-0.05, 0) is 84.2 Å². The van der Waals surface area contributed by atoms with Gasteiger partial charge in [0.2, 0.25) is 0 Å². The van der Waals surface area contributed by atoms with Crippen molar-refractivity contribution in [1.29, 1.82) is 0 Å². The zero-order chi connectivity index (χ0) is 14.1. The Balaban J connectivity index is 1.73. The summed E-state index contributed by atoms with van der Waals surface area (Å²) in [5.41, 5.74) is 1.04. The van der Waals surface area contributed by atoms with Gasteiger partial charge in [-0.1, -0.05) is 0 Å². The first-order valence-corrected chi connectivity index (χ1v) is 8.98. The molecule has 4 fully saturated rings. The van der Waals surface area contributed by atoms with Crippen LogP contribution in [-0.4, -0.2) is 9.86 Å². The van der Waals surface area contributed by atoms with Crippen LogP contribution in [0.5, 0.6) is 0 Å². The summed E-state index contributed by atoms with van der Waals surface area (Å²) in [5.74, 6) is 2.39. The van der Waals surface area contributed by atoms with Gasteiger partial charge in [-0.15, -0.1) is 0 Å². The molecule has 0 spiro atoms. The molecule has 108 valence electrons. The molecule has 0 aliphatic heterocycles. The first-order valence-electron chi connectivity index (χ1n) is 7.41. The minimum absolute atomic E-state index is 0.0938. The van der Waals surface area contributed by atoms with Crippen molar-refractivity contribution < 1.29 is 4.79 Å². The highest BCUT2D eigenvalue weighted by Crippen LogP contribution is 2.65. The Morgan fingerprint density at radius 1 is 1.35 bits per heavy atom. The Morgan fingerprint density at radius 3 is 2.55 bits per heavy atom. The Morgan fingerprint density at radius 2 is 2.00 bits per heavy atom. The molecule has 0 saturated heterocycles. The van der Waals surface area contributed by atoms with Crippen molar-refractivity contribution in [2.24, 2.45) is 35.2 Å². The summed E-state index contributed by atoms with van der Waals surface area (Å²) in [6, 6.07) is 0. The largest absolute Gasteiger partial charge is 0.302 e. The molecule has 3 nitrogen and oxygen atoms in total. The third-order valence-electron chi connectivity index (χ3n) is 5.82. The Kier molecular flexibility index (Phi) is 2.84. The summed E-state index contributed by atoms with van der Waals surface area (Å²) in [4.78, 5) is 17.4. The van der Waals surface area contributed by atoms with Crippen LogP contribution in [0.4, 0.5) is 0 Å². The molecule has 5 heteroatoms. The lowest BCUT2D eigenvalue weighted by molar-refractivity contribution is -0.129. The number of rotatable bonds is 1. The van der Waals surface area contributed by atoms with Gasteiger partial charge in [0, 0.05) is 12.7 Å². The number of nitrogens with zero attached hydrogens (tertiary/aromatic N) is 2. The van der Waals surface area contributed by atoms with Crippen LogP contribution < -0.4 is 4.67 Å². The smallest absolute Gasteiger partial charge is 0.253 e. The van der Waals surface area contributed by atoms with E-state index in [0.717, 1.165) is 39.5 Å². The molecule has 0 aromatic carbocycles. The normalized spacial score (nSPS) is 39.0. The van der Waals surface area contributed by atoms with Gasteiger partial charge in [0.25, 0.3) is 5.91 Å². The van der Waals surface area contributed by atoms with E-state index in [1.807, 2.05) is 14.0 Å². The predicted octanol–water partition coefficient (Wildman–Crippen LogP) is 3.41. The van der Waals surface area contributed by atoms with E-state index in [1.165, 1.54) is 19.3 Å². The second-order valence-electron chi connectivity index (χ2n) is 6.91. The highest BCUT2D eigenvalue weighted by molar-refractivity contribution is 9.10. The second-order valence-corrected chi connectivity index (χ2v) is 8.82. The van der Waals surface area contributed by atoms with Crippen LogP contribution in [-0.2, 0) is 11.8 Å². The third-order valence-corrected chi connectivity index (χ3v) is 8.05. The molecule has 1 heterocycles. The SMILES string of the molecule is Cc1c(Br)c(=NC(=O)C23CC4CC(CC2C4)C3)sn1C. The lowest BCUT2D eigenvalue weighted by atomic mass is 9.75. The van der Waals surface area contributed by atoms with Gasteiger partial charge in [-0.3, -0.25) is 4.79 Å². The van der Waals surface area contributed by atoms with Crippen LogP contribution in [0.3, 0.4) is 0 Å². The number of carbonyl (C=O) groups is 1. The first-order chi connectivity index (χ1) is 9.49. The van der Waals surface area contributed by atoms with E-state index in [0.29, 0.717) is 5.92 Å². The van der Waals surface area contributed by atoms with Gasteiger partial charge in [-0.2, -0.15) is 4.99 Å². The van der Waals surface area contributed by atoms with E-state index in [2.05, 4.69) is 24.9 Å². The average molecular weight is 355 g/mol. The number of amides is 1. The lowest BCUT2D eigenvalue weighted by Gasteiger charge is -2.29. The number of hydrogen-bond acceptors (Lipinski definition) is 2. The fourth-order valence-corrected chi connectivity index (χ4v) is 6.48. The highest BCUT2D eigenvalue weighted by Gasteiger charge is 2.61. The summed E-state index contributed by atoms with van der Waals surface area (Å²) < 4.78 is 3.88. The number of aryl methyl sites for hydroxylation is 1. The van der Waals surface area contributed by atoms with Crippen molar-refractivity contribution in [2.75, 3.05) is 0 Å². The molecule has 4 bridgehead atoms. The maximum Gasteiger partial charge on any atom is 0.253 e. The van der Waals surface area contributed by atoms with Crippen LogP contribution in [0.2, 0.25) is 0 Å². The van der Waals surface area contributed by atoms with E-state index in [9.17, 15) is 4.79 Å². The van der Waals surface area contributed by atoms with Crippen molar-refractivity contribution in [3.05, 3.63) is 14.8 Å². The van der Waals surface area contributed by atoms with E-state index in [1.54, 1.807) is 11.5 Å². The van der Waals surface area contributed by atoms with Crippen molar-refractivity contribution in [1.82, 2.24) is 3.96 Å². The van der Waals surface area contributed by atoms with Crippen LogP contribution in [0, 0.1) is 30.1 Å². The number of aromatic nitrogens is 1. The van der Waals surface area contributed by atoms with Crippen LogP contribution in [0.15, 0.2) is 9.47 Å². The number of halogens is 1. The zero-order valence-corrected chi connectivity index (χ0v) is 14.3. The first kappa shape index (κ1) is 13.3. The van der Waals surface area contributed by atoms with Gasteiger partial charge in [0.15, 0.2) is 4.67 Å². The van der Waals surface area contributed by atoms with Crippen LogP contribution in [0.25, 0.3) is 0 Å². The van der Waals surface area contributed by atoms with Crippen molar-refractivity contribution in [2.45, 2.75) is 39.0 Å². The van der Waals surface area contributed by atoms with Crippen molar-refractivity contribution >= 4 is 33.4 Å². The Bertz CT molecular complexity index is 645. The van der Waals surface area contributed by atoms with E-state index in [-0.39, 0.29) is 11.3 Å². The van der Waals surface area contributed by atoms with E-state index < -0.39 is 0 Å². The van der Waals surface area contributed by atoms with Crippen LogP contribution in [0.1, 0.15) is 37.8 Å². The molecule has 1 amide bonds. The molecular weight excluding hydrogens is 336 g/mol. The second kappa shape index (κ2) is 4.29. The van der Waals surface area contributed by atoms with Gasteiger partial charge >= 0.3 is 0 Å². The molecule has 1 aromatic heterocycles. The van der Waals surface area contributed by atoms with E-state index in [4.69, 9.17) is 0 Å². The van der Waals surface area contributed by atoms with Gasteiger partial charge in [0.05, 0.1) is 9.89 Å². The molecule has 2 atom stereocenters. The summed E-state index contributed by atoms with van der Waals surface area (Å²) in [6.07, 6.45) is 6.11. The maximum absolute atomic E-state index is 12.9. The highest BCUT2D eigenvalue weighted by atomic mass is 79.9. The third kappa shape index (κ3) is 1.68. The van der Waals surface area contributed by atoms with Gasteiger partial charge < -0.3 is 3.96 Å². The number of carbonyl (C=O) groups excluding carboxylic acids is 1. The Labute approximate surface area is 131 Å². The zero-order valence-electron chi connectivity index (χ0n) is 11.9. The van der Waals surface area contributed by atoms with Crippen molar-refractivity contribution in [3.8, 4) is 0 Å². The van der Waals surface area contributed by atoms with Gasteiger partial charge in [0.1, 0.15) is 0 Å². The summed E-state index contributed by atoms with van der Waals surface area (Å²) in [5, 5.41) is 0. The molecule has 0 N–H and O–H groups in total. The maximum atomic E-state index is 12.9. The fourth-order valence-electron chi connectivity index (χ4n) is 4.95. The Hall–Kier alpha value is -0.420. The topological polar surface area (TPSA) is 34.4 Å². The molecular formula is C15H19BrN2OS. The van der Waals surface area contributed by atoms with E-state index >= 15 is 0 Å². The molecule has 4 aliphatic rings. The molecule has 4 saturated carbocycles. The molecule has 0 radical (unpaired) electrons. The summed E-state index contributed by atoms with van der Waals surface area (Å²) in [6.45, 7) is 2.05. The van der Waals surface area contributed by atoms with Crippen LogP contribution >= 0.6 is 27.5 Å². The standard InChI is InChI=1S/C15H19BrN2OS/c1-8-12(16)13(20-18(8)2)17-14(19)15-6-9-3-10(7-15)5-11(15)4-9/h9-11H,3-7H2,1-2H3. The molecule has 4 aliphatic carbocycles. The minimum Gasteiger partial charge on any atom is -0.302 e. The molecule has 5 rings (SSSR count). The minimum atomic E-state index is -0.0938. The molecule has 2 unspecified atom stereocenters. The molecule has 20 heavy (non-hydrogen) atoms. The summed E-state index contributed by atoms with van der Waals surface area (Å²) in [7, 11) is 2.01. The summed E-state index contributed by atoms with van der Waals surface area (Å²) >= 11 is 5.13. The lowest BCUT2D eigenvalue weighted by Crippen LogP contribution is -2.32. The average Bonchev–Trinajstić information content (AvgIpc) is 2.90. The molecule has 1 aromatic rings. The predicted molar refractivity (Wildman–Crippen MR) is 82.3 cm³/mol. The van der Waals surface area contributed by atoms with Gasteiger partial charge in [-0.25, -0.2) is 0 Å².